The Hall–Kier alpha value is -0.370. The van der Waals surface area contributed by atoms with Gasteiger partial charge in [-0.3, -0.25) is 9.59 Å². The molecule has 0 radical (unpaired) electrons. The average molecular weight is 323 g/mol. The molecule has 22 heavy (non-hydrogen) atoms. The van der Waals surface area contributed by atoms with E-state index in [2.05, 4.69) is 13.8 Å². The van der Waals surface area contributed by atoms with Crippen molar-refractivity contribution in [2.75, 3.05) is 0 Å². The minimum Gasteiger partial charge on any atom is -0.300 e. The number of fused-ring (bicyclic) bond motifs is 5. The first-order valence-electron chi connectivity index (χ1n) is 9.04. The third-order valence-electron chi connectivity index (χ3n) is 8.26. The molecule has 1 unspecified atom stereocenters. The van der Waals surface area contributed by atoms with Gasteiger partial charge in [0.1, 0.15) is 11.6 Å². The lowest BCUT2D eigenvalue weighted by atomic mass is 9.45. The number of ketones is 2. The second kappa shape index (κ2) is 4.59. The highest BCUT2D eigenvalue weighted by Gasteiger charge is 2.64. The zero-order chi connectivity index (χ0) is 15.8. The van der Waals surface area contributed by atoms with Gasteiger partial charge in [-0.25, -0.2) is 0 Å². The fraction of sp³-hybridized carbons (Fsp3) is 0.895. The van der Waals surface area contributed by atoms with E-state index in [-0.39, 0.29) is 15.7 Å². The molecule has 4 rings (SSSR count). The van der Waals surface area contributed by atoms with Gasteiger partial charge in [-0.1, -0.05) is 13.8 Å². The first-order valence-corrected chi connectivity index (χ1v) is 9.42. The molecule has 0 aromatic heterocycles. The highest BCUT2D eigenvalue weighted by atomic mass is 35.5. The Bertz CT molecular complexity index is 544. The van der Waals surface area contributed by atoms with E-state index in [0.29, 0.717) is 42.2 Å². The van der Waals surface area contributed by atoms with Crippen LogP contribution in [0.2, 0.25) is 0 Å². The maximum absolute atomic E-state index is 12.4. The fourth-order valence-electron chi connectivity index (χ4n) is 6.77. The predicted octanol–water partition coefficient (Wildman–Crippen LogP) is 4.53. The molecule has 0 N–H and O–H groups in total. The highest BCUT2D eigenvalue weighted by Crippen LogP contribution is 2.67. The van der Waals surface area contributed by atoms with E-state index in [1.807, 2.05) is 0 Å². The van der Waals surface area contributed by atoms with E-state index in [1.165, 1.54) is 0 Å². The molecule has 122 valence electrons. The normalized spacial score (nSPS) is 54.6. The Labute approximate surface area is 138 Å². The molecule has 4 saturated carbocycles. The van der Waals surface area contributed by atoms with Crippen molar-refractivity contribution in [1.82, 2.24) is 0 Å². The third-order valence-corrected chi connectivity index (χ3v) is 9.02. The topological polar surface area (TPSA) is 34.1 Å². The monoisotopic (exact) mass is 322 g/mol. The second-order valence-electron chi connectivity index (χ2n) is 8.93. The molecule has 4 aliphatic rings. The van der Waals surface area contributed by atoms with Gasteiger partial charge in [-0.05, 0) is 61.7 Å². The molecular formula is C19H27ClO2. The van der Waals surface area contributed by atoms with Crippen molar-refractivity contribution in [3.05, 3.63) is 0 Å². The van der Waals surface area contributed by atoms with Crippen LogP contribution < -0.4 is 0 Å². The van der Waals surface area contributed by atoms with E-state index < -0.39 is 0 Å². The van der Waals surface area contributed by atoms with Crippen LogP contribution in [0.15, 0.2) is 0 Å². The minimum atomic E-state index is -0.320. The molecule has 4 aliphatic carbocycles. The molecule has 0 spiro atoms. The van der Waals surface area contributed by atoms with Crippen molar-refractivity contribution < 1.29 is 9.59 Å². The number of rotatable bonds is 0. The quantitative estimate of drug-likeness (QED) is 0.614. The Balaban J connectivity index is 1.69. The molecule has 3 heteroatoms. The lowest BCUT2D eigenvalue weighted by Gasteiger charge is -2.62. The molecule has 4 fully saturated rings. The summed E-state index contributed by atoms with van der Waals surface area (Å²) in [6, 6.07) is 0. The smallest absolute Gasteiger partial charge is 0.139 e. The van der Waals surface area contributed by atoms with Crippen LogP contribution in [0, 0.1) is 28.6 Å². The molecular weight excluding hydrogens is 296 g/mol. The molecule has 6 atom stereocenters. The van der Waals surface area contributed by atoms with Crippen molar-refractivity contribution in [3.63, 3.8) is 0 Å². The molecule has 0 saturated heterocycles. The van der Waals surface area contributed by atoms with E-state index in [4.69, 9.17) is 11.6 Å². The minimum absolute atomic E-state index is 0.0612. The first-order chi connectivity index (χ1) is 10.3. The fourth-order valence-corrected chi connectivity index (χ4v) is 7.26. The molecule has 0 bridgehead atoms. The van der Waals surface area contributed by atoms with Crippen LogP contribution in [0.3, 0.4) is 0 Å². The number of alkyl halides is 1. The number of hydrogen-bond acceptors (Lipinski definition) is 2. The van der Waals surface area contributed by atoms with Crippen LogP contribution in [-0.4, -0.2) is 16.4 Å². The summed E-state index contributed by atoms with van der Waals surface area (Å²) >= 11 is 7.05. The van der Waals surface area contributed by atoms with Crippen LogP contribution in [0.4, 0.5) is 0 Å². The summed E-state index contributed by atoms with van der Waals surface area (Å²) in [7, 11) is 0. The Kier molecular flexibility index (Phi) is 3.16. The van der Waals surface area contributed by atoms with Gasteiger partial charge >= 0.3 is 0 Å². The van der Waals surface area contributed by atoms with Crippen LogP contribution in [-0.2, 0) is 9.59 Å². The van der Waals surface area contributed by atoms with Gasteiger partial charge < -0.3 is 0 Å². The van der Waals surface area contributed by atoms with Gasteiger partial charge in [-0.2, -0.15) is 0 Å². The summed E-state index contributed by atoms with van der Waals surface area (Å²) in [5, 5.41) is 0. The largest absolute Gasteiger partial charge is 0.300 e. The molecule has 0 heterocycles. The van der Waals surface area contributed by atoms with Crippen molar-refractivity contribution in [1.29, 1.82) is 0 Å². The number of halogens is 1. The van der Waals surface area contributed by atoms with Crippen molar-refractivity contribution in [2.24, 2.45) is 28.6 Å². The molecule has 0 amide bonds. The van der Waals surface area contributed by atoms with E-state index in [1.54, 1.807) is 0 Å². The highest BCUT2D eigenvalue weighted by molar-refractivity contribution is 6.26. The SMILES string of the molecule is C[C@]12CC[C@H]3[C@@H](CCC4(Cl)CC(=O)CC[C@]34C)[C@@H]1CCC2=O. The number of hydrogen-bond donors (Lipinski definition) is 0. The summed E-state index contributed by atoms with van der Waals surface area (Å²) in [4.78, 5) is 24.1. The van der Waals surface area contributed by atoms with Gasteiger partial charge in [-0.15, -0.1) is 11.6 Å². The first kappa shape index (κ1) is 15.2. The number of carbonyl (C=O) groups is 2. The predicted molar refractivity (Wildman–Crippen MR) is 86.8 cm³/mol. The van der Waals surface area contributed by atoms with Gasteiger partial charge in [0.25, 0.3) is 0 Å². The second-order valence-corrected chi connectivity index (χ2v) is 9.66. The lowest BCUT2D eigenvalue weighted by Crippen LogP contribution is -2.60. The van der Waals surface area contributed by atoms with Gasteiger partial charge in [0.05, 0.1) is 4.87 Å². The Morgan fingerprint density at radius 2 is 1.73 bits per heavy atom. The van der Waals surface area contributed by atoms with Gasteiger partial charge in [0.2, 0.25) is 0 Å². The Morgan fingerprint density at radius 3 is 2.50 bits per heavy atom. The average Bonchev–Trinajstić information content (AvgIpc) is 2.76. The zero-order valence-corrected chi connectivity index (χ0v) is 14.5. The van der Waals surface area contributed by atoms with E-state index >= 15 is 0 Å². The zero-order valence-electron chi connectivity index (χ0n) is 13.8. The maximum Gasteiger partial charge on any atom is 0.139 e. The van der Waals surface area contributed by atoms with Gasteiger partial charge in [0.15, 0.2) is 0 Å². The third kappa shape index (κ3) is 1.74. The summed E-state index contributed by atoms with van der Waals surface area (Å²) in [5.41, 5.74) is 0.0205. The lowest BCUT2D eigenvalue weighted by molar-refractivity contribution is -0.141. The summed E-state index contributed by atoms with van der Waals surface area (Å²) < 4.78 is 0. The van der Waals surface area contributed by atoms with Crippen molar-refractivity contribution in [2.45, 2.75) is 76.5 Å². The van der Waals surface area contributed by atoms with E-state index in [0.717, 1.165) is 44.9 Å². The molecule has 2 nitrogen and oxygen atoms in total. The standard InChI is InChI=1S/C19H27ClO2/c1-17-8-7-15-13(14(17)3-4-16(17)22)6-10-19(20)11-12(21)5-9-18(15,19)2/h13-15H,3-11H2,1-2H3/t13-,14-,15-,17-,18+,19?/m0/s1. The van der Waals surface area contributed by atoms with Crippen LogP contribution in [0.25, 0.3) is 0 Å². The van der Waals surface area contributed by atoms with Crippen molar-refractivity contribution >= 4 is 23.2 Å². The Morgan fingerprint density at radius 1 is 0.955 bits per heavy atom. The maximum atomic E-state index is 12.4. The number of Topliss-reactive ketones (excluding diaryl/α,β-unsaturated/α-hetero) is 2. The summed E-state index contributed by atoms with van der Waals surface area (Å²) in [6.45, 7) is 4.57. The summed E-state index contributed by atoms with van der Waals surface area (Å²) in [6.07, 6.45) is 8.32. The van der Waals surface area contributed by atoms with Gasteiger partial charge in [0, 0.05) is 24.7 Å². The van der Waals surface area contributed by atoms with E-state index in [9.17, 15) is 9.59 Å². The van der Waals surface area contributed by atoms with Crippen molar-refractivity contribution in [3.8, 4) is 0 Å². The summed E-state index contributed by atoms with van der Waals surface area (Å²) in [5.74, 6) is 2.67. The van der Waals surface area contributed by atoms with Crippen LogP contribution >= 0.6 is 11.6 Å². The molecule has 0 aromatic carbocycles. The molecule has 0 aliphatic heterocycles. The molecule has 0 aromatic rings. The number of carbonyl (C=O) groups excluding carboxylic acids is 2. The van der Waals surface area contributed by atoms with Crippen LogP contribution in [0.5, 0.6) is 0 Å². The van der Waals surface area contributed by atoms with Crippen LogP contribution in [0.1, 0.15) is 71.6 Å².